The Morgan fingerprint density at radius 2 is 1.96 bits per heavy atom. The number of carbonyl (C=O) groups is 1. The SMILES string of the molecule is CN(Cc1ccn(C)n1)C(=O)c1cccc(COc2cccc(Cl)c2Cl)c1. The fraction of sp³-hybridized carbons (Fsp3) is 0.200. The number of carbonyl (C=O) groups excluding carboxylic acids is 1. The molecule has 7 heteroatoms. The number of hydrogen-bond donors (Lipinski definition) is 0. The second-order valence-corrected chi connectivity index (χ2v) is 6.97. The normalized spacial score (nSPS) is 10.7. The Bertz CT molecular complexity index is 956. The number of benzene rings is 2. The lowest BCUT2D eigenvalue weighted by atomic mass is 10.1. The quantitative estimate of drug-likeness (QED) is 0.604. The van der Waals surface area contributed by atoms with Gasteiger partial charge in [-0.3, -0.25) is 9.48 Å². The van der Waals surface area contributed by atoms with E-state index in [-0.39, 0.29) is 12.5 Å². The lowest BCUT2D eigenvalue weighted by Gasteiger charge is -2.16. The first kappa shape index (κ1) is 19.3. The molecule has 1 heterocycles. The van der Waals surface area contributed by atoms with Crippen LogP contribution in [0.5, 0.6) is 5.75 Å². The van der Waals surface area contributed by atoms with E-state index in [1.807, 2.05) is 37.5 Å². The number of hydrogen-bond acceptors (Lipinski definition) is 3. The van der Waals surface area contributed by atoms with Gasteiger partial charge in [-0.1, -0.05) is 41.4 Å². The van der Waals surface area contributed by atoms with Gasteiger partial charge in [-0.05, 0) is 35.9 Å². The summed E-state index contributed by atoms with van der Waals surface area (Å²) in [5.74, 6) is 0.427. The van der Waals surface area contributed by atoms with Gasteiger partial charge in [0.1, 0.15) is 17.4 Å². The maximum atomic E-state index is 12.7. The van der Waals surface area contributed by atoms with Crippen LogP contribution < -0.4 is 4.74 Å². The molecule has 0 aliphatic rings. The van der Waals surface area contributed by atoms with Crippen LogP contribution in [-0.4, -0.2) is 27.6 Å². The zero-order valence-electron chi connectivity index (χ0n) is 15.0. The number of nitrogens with zero attached hydrogens (tertiary/aromatic N) is 3. The van der Waals surface area contributed by atoms with Gasteiger partial charge in [-0.15, -0.1) is 0 Å². The summed E-state index contributed by atoms with van der Waals surface area (Å²) >= 11 is 12.1. The third-order valence-electron chi connectivity index (χ3n) is 4.00. The van der Waals surface area contributed by atoms with Crippen molar-refractivity contribution in [3.8, 4) is 5.75 Å². The Morgan fingerprint density at radius 3 is 2.70 bits per heavy atom. The van der Waals surface area contributed by atoms with Gasteiger partial charge in [0.15, 0.2) is 0 Å². The van der Waals surface area contributed by atoms with Gasteiger partial charge in [0.2, 0.25) is 0 Å². The average molecular weight is 404 g/mol. The van der Waals surface area contributed by atoms with Crippen molar-refractivity contribution in [2.75, 3.05) is 7.05 Å². The van der Waals surface area contributed by atoms with Crippen molar-refractivity contribution < 1.29 is 9.53 Å². The highest BCUT2D eigenvalue weighted by atomic mass is 35.5. The Hall–Kier alpha value is -2.50. The predicted molar refractivity (Wildman–Crippen MR) is 106 cm³/mol. The molecule has 2 aromatic carbocycles. The Kier molecular flexibility index (Phi) is 6.04. The molecular weight excluding hydrogens is 385 g/mol. The lowest BCUT2D eigenvalue weighted by molar-refractivity contribution is 0.0783. The second kappa shape index (κ2) is 8.46. The number of aromatic nitrogens is 2. The Labute approximate surface area is 168 Å². The van der Waals surface area contributed by atoms with E-state index in [9.17, 15) is 4.79 Å². The minimum atomic E-state index is -0.0803. The third-order valence-corrected chi connectivity index (χ3v) is 4.80. The highest BCUT2D eigenvalue weighted by molar-refractivity contribution is 6.42. The van der Waals surface area contributed by atoms with Gasteiger partial charge < -0.3 is 9.64 Å². The van der Waals surface area contributed by atoms with Crippen LogP contribution in [0.25, 0.3) is 0 Å². The van der Waals surface area contributed by atoms with Crippen LogP contribution >= 0.6 is 23.2 Å². The van der Waals surface area contributed by atoms with E-state index < -0.39 is 0 Å². The molecule has 0 aliphatic heterocycles. The molecule has 140 valence electrons. The Balaban J connectivity index is 1.67. The number of rotatable bonds is 6. The molecule has 0 saturated heterocycles. The standard InChI is InChI=1S/C20H19Cl2N3O2/c1-24(12-16-9-10-25(2)23-16)20(26)15-6-3-5-14(11-15)13-27-18-8-4-7-17(21)19(18)22/h3-11H,12-13H2,1-2H3. The molecule has 0 atom stereocenters. The van der Waals surface area contributed by atoms with Crippen molar-refractivity contribution in [1.29, 1.82) is 0 Å². The summed E-state index contributed by atoms with van der Waals surface area (Å²) in [5, 5.41) is 5.12. The molecular formula is C20H19Cl2N3O2. The highest BCUT2D eigenvalue weighted by Gasteiger charge is 2.14. The highest BCUT2D eigenvalue weighted by Crippen LogP contribution is 2.31. The van der Waals surface area contributed by atoms with Crippen molar-refractivity contribution in [2.45, 2.75) is 13.2 Å². The average Bonchev–Trinajstić information content (AvgIpc) is 3.07. The van der Waals surface area contributed by atoms with E-state index in [2.05, 4.69) is 5.10 Å². The van der Waals surface area contributed by atoms with Gasteiger partial charge in [0.05, 0.1) is 17.3 Å². The second-order valence-electron chi connectivity index (χ2n) is 6.18. The molecule has 3 rings (SSSR count). The molecule has 0 spiro atoms. The smallest absolute Gasteiger partial charge is 0.253 e. The zero-order valence-corrected chi connectivity index (χ0v) is 16.5. The zero-order chi connectivity index (χ0) is 19.4. The first-order chi connectivity index (χ1) is 12.9. The molecule has 27 heavy (non-hydrogen) atoms. The minimum Gasteiger partial charge on any atom is -0.487 e. The topological polar surface area (TPSA) is 47.4 Å². The molecule has 1 aromatic heterocycles. The Morgan fingerprint density at radius 1 is 1.19 bits per heavy atom. The van der Waals surface area contributed by atoms with Crippen LogP contribution in [0.1, 0.15) is 21.6 Å². The summed E-state index contributed by atoms with van der Waals surface area (Å²) in [7, 11) is 3.60. The lowest BCUT2D eigenvalue weighted by Crippen LogP contribution is -2.26. The van der Waals surface area contributed by atoms with Crippen LogP contribution in [0.15, 0.2) is 54.7 Å². The molecule has 0 bridgehead atoms. The first-order valence-corrected chi connectivity index (χ1v) is 9.09. The molecule has 1 amide bonds. The van der Waals surface area contributed by atoms with Gasteiger partial charge in [-0.25, -0.2) is 0 Å². The number of amides is 1. The van der Waals surface area contributed by atoms with Crippen LogP contribution in [-0.2, 0) is 20.2 Å². The molecule has 0 saturated carbocycles. The van der Waals surface area contributed by atoms with E-state index in [1.165, 1.54) is 0 Å². The van der Waals surface area contributed by atoms with Gasteiger partial charge in [0.25, 0.3) is 5.91 Å². The largest absolute Gasteiger partial charge is 0.487 e. The van der Waals surface area contributed by atoms with E-state index in [0.29, 0.717) is 27.9 Å². The van der Waals surface area contributed by atoms with Crippen molar-refractivity contribution in [3.63, 3.8) is 0 Å². The van der Waals surface area contributed by atoms with Crippen molar-refractivity contribution in [2.24, 2.45) is 7.05 Å². The molecule has 0 radical (unpaired) electrons. The molecule has 0 fully saturated rings. The van der Waals surface area contributed by atoms with E-state index in [4.69, 9.17) is 27.9 Å². The van der Waals surface area contributed by atoms with E-state index in [0.717, 1.165) is 11.3 Å². The van der Waals surface area contributed by atoms with Gasteiger partial charge in [0, 0.05) is 25.9 Å². The van der Waals surface area contributed by atoms with Crippen molar-refractivity contribution >= 4 is 29.1 Å². The summed E-state index contributed by atoms with van der Waals surface area (Å²) in [6.45, 7) is 0.726. The fourth-order valence-corrected chi connectivity index (χ4v) is 2.98. The number of aryl methyl sites for hydroxylation is 1. The van der Waals surface area contributed by atoms with Gasteiger partial charge in [-0.2, -0.15) is 5.10 Å². The third kappa shape index (κ3) is 4.81. The number of halogens is 2. The van der Waals surface area contributed by atoms with Crippen LogP contribution in [0.4, 0.5) is 0 Å². The first-order valence-electron chi connectivity index (χ1n) is 8.34. The maximum Gasteiger partial charge on any atom is 0.253 e. The summed E-state index contributed by atoms with van der Waals surface area (Å²) in [5.41, 5.74) is 2.29. The monoisotopic (exact) mass is 403 g/mol. The molecule has 3 aromatic rings. The minimum absolute atomic E-state index is 0.0803. The molecule has 0 N–H and O–H groups in total. The molecule has 5 nitrogen and oxygen atoms in total. The summed E-state index contributed by atoms with van der Waals surface area (Å²) in [6, 6.07) is 14.5. The van der Waals surface area contributed by atoms with Crippen LogP contribution in [0, 0.1) is 0 Å². The predicted octanol–water partition coefficient (Wildman–Crippen LogP) is 4.58. The summed E-state index contributed by atoms with van der Waals surface area (Å²) in [6.07, 6.45) is 1.85. The molecule has 0 unspecified atom stereocenters. The van der Waals surface area contributed by atoms with E-state index in [1.54, 1.807) is 40.9 Å². The summed E-state index contributed by atoms with van der Waals surface area (Å²) < 4.78 is 7.46. The van der Waals surface area contributed by atoms with E-state index >= 15 is 0 Å². The van der Waals surface area contributed by atoms with Crippen LogP contribution in [0.2, 0.25) is 10.0 Å². The fourth-order valence-electron chi connectivity index (χ4n) is 2.63. The van der Waals surface area contributed by atoms with Gasteiger partial charge >= 0.3 is 0 Å². The molecule has 0 aliphatic carbocycles. The summed E-state index contributed by atoms with van der Waals surface area (Å²) in [4.78, 5) is 14.3. The van der Waals surface area contributed by atoms with Crippen molar-refractivity contribution in [1.82, 2.24) is 14.7 Å². The number of ether oxygens (including phenoxy) is 1. The van der Waals surface area contributed by atoms with Crippen LogP contribution in [0.3, 0.4) is 0 Å². The van der Waals surface area contributed by atoms with Crippen molar-refractivity contribution in [3.05, 3.63) is 81.6 Å². The maximum absolute atomic E-state index is 12.7.